The smallest absolute Gasteiger partial charge is 0.0588 e. The van der Waals surface area contributed by atoms with Crippen molar-refractivity contribution in [1.82, 2.24) is 5.32 Å². The molecule has 0 radical (unpaired) electrons. The Labute approximate surface area is 131 Å². The molecule has 3 unspecified atom stereocenters. The van der Waals surface area contributed by atoms with E-state index in [0.29, 0.717) is 0 Å². The van der Waals surface area contributed by atoms with E-state index in [9.17, 15) is 4.21 Å². The van der Waals surface area contributed by atoms with Gasteiger partial charge in [0.15, 0.2) is 0 Å². The molecule has 0 heterocycles. The van der Waals surface area contributed by atoms with Crippen LogP contribution in [0.3, 0.4) is 0 Å². The number of hydrogen-bond donors (Lipinski definition) is 1. The topological polar surface area (TPSA) is 29.1 Å². The number of benzene rings is 2. The van der Waals surface area contributed by atoms with Crippen molar-refractivity contribution in [1.29, 1.82) is 0 Å². The van der Waals surface area contributed by atoms with Crippen LogP contribution in [0.4, 0.5) is 0 Å². The van der Waals surface area contributed by atoms with Crippen LogP contribution in [0.5, 0.6) is 0 Å². The maximum atomic E-state index is 12.8. The molecule has 0 saturated carbocycles. The Morgan fingerprint density at radius 1 is 1.05 bits per heavy atom. The predicted octanol–water partition coefficient (Wildman–Crippen LogP) is 3.91. The third-order valence-corrected chi connectivity index (χ3v) is 6.02. The zero-order valence-corrected chi connectivity index (χ0v) is 13.9. The summed E-state index contributed by atoms with van der Waals surface area (Å²) in [5.74, 6) is 0. The normalized spacial score (nSPS) is 15.6. The minimum atomic E-state index is -1.08. The fourth-order valence-corrected chi connectivity index (χ4v) is 4.44. The molecule has 0 fully saturated rings. The van der Waals surface area contributed by atoms with Gasteiger partial charge in [-0.3, -0.25) is 4.21 Å². The lowest BCUT2D eigenvalue weighted by Gasteiger charge is -2.24. The van der Waals surface area contributed by atoms with Gasteiger partial charge in [-0.2, -0.15) is 0 Å². The molecular weight excluding hydrogens is 334 g/mol. The Morgan fingerprint density at radius 2 is 1.65 bits per heavy atom. The average Bonchev–Trinajstić information content (AvgIpc) is 2.49. The fourth-order valence-electron chi connectivity index (χ4n) is 2.26. The minimum absolute atomic E-state index is 0.0268. The van der Waals surface area contributed by atoms with Gasteiger partial charge < -0.3 is 5.32 Å². The van der Waals surface area contributed by atoms with E-state index in [2.05, 4.69) is 33.4 Å². The molecule has 2 aromatic carbocycles. The monoisotopic (exact) mass is 351 g/mol. The first-order valence-corrected chi connectivity index (χ1v) is 8.53. The second-order valence-electron chi connectivity index (χ2n) is 4.61. The summed E-state index contributed by atoms with van der Waals surface area (Å²) in [6.45, 7) is 2.02. The number of rotatable bonds is 5. The molecule has 0 saturated heterocycles. The van der Waals surface area contributed by atoms with Gasteiger partial charge in [-0.05, 0) is 47.6 Å². The molecule has 20 heavy (non-hydrogen) atoms. The minimum Gasteiger partial charge on any atom is -0.312 e. The Bertz CT molecular complexity index is 588. The molecule has 2 nitrogen and oxygen atoms in total. The Hall–Kier alpha value is -0.970. The van der Waals surface area contributed by atoms with Crippen LogP contribution >= 0.6 is 15.9 Å². The van der Waals surface area contributed by atoms with E-state index in [1.165, 1.54) is 0 Å². The Balaban J connectivity index is 2.28. The van der Waals surface area contributed by atoms with Gasteiger partial charge in [-0.1, -0.05) is 42.5 Å². The molecule has 106 valence electrons. The van der Waals surface area contributed by atoms with Gasteiger partial charge in [0.05, 0.1) is 20.9 Å². The van der Waals surface area contributed by atoms with E-state index in [4.69, 9.17) is 0 Å². The lowest BCUT2D eigenvalue weighted by molar-refractivity contribution is 0.570. The lowest BCUT2D eigenvalue weighted by atomic mass is 10.0. The molecule has 0 bridgehead atoms. The summed E-state index contributed by atoms with van der Waals surface area (Å²) in [7, 11) is 0.829. The summed E-state index contributed by atoms with van der Waals surface area (Å²) in [5, 5.41) is 3.25. The lowest BCUT2D eigenvalue weighted by Crippen LogP contribution is -2.30. The van der Waals surface area contributed by atoms with E-state index in [1.807, 2.05) is 56.4 Å². The van der Waals surface area contributed by atoms with Crippen LogP contribution < -0.4 is 5.32 Å². The first-order chi connectivity index (χ1) is 9.65. The molecular formula is C16H18BrNOS. The molecule has 1 N–H and O–H groups in total. The van der Waals surface area contributed by atoms with Crippen molar-refractivity contribution in [2.45, 2.75) is 23.1 Å². The Kier molecular flexibility index (Phi) is 5.52. The summed E-state index contributed by atoms with van der Waals surface area (Å²) in [6, 6.07) is 17.9. The van der Waals surface area contributed by atoms with E-state index in [0.717, 1.165) is 14.9 Å². The van der Waals surface area contributed by atoms with Crippen LogP contribution in [0.25, 0.3) is 0 Å². The van der Waals surface area contributed by atoms with Crippen molar-refractivity contribution in [2.75, 3.05) is 7.05 Å². The summed E-state index contributed by atoms with van der Waals surface area (Å²) >= 11 is 3.48. The first kappa shape index (κ1) is 15.4. The summed E-state index contributed by atoms with van der Waals surface area (Å²) in [5.41, 5.74) is 1.16. The van der Waals surface area contributed by atoms with Crippen molar-refractivity contribution in [2.24, 2.45) is 0 Å². The second kappa shape index (κ2) is 7.16. The molecule has 4 heteroatoms. The Morgan fingerprint density at radius 3 is 2.25 bits per heavy atom. The second-order valence-corrected chi connectivity index (χ2v) is 7.24. The predicted molar refractivity (Wildman–Crippen MR) is 88.3 cm³/mol. The van der Waals surface area contributed by atoms with Crippen LogP contribution in [0, 0.1) is 0 Å². The summed E-state index contributed by atoms with van der Waals surface area (Å²) in [4.78, 5) is 0.844. The molecule has 2 aromatic rings. The highest BCUT2D eigenvalue weighted by atomic mass is 79.9. The van der Waals surface area contributed by atoms with Gasteiger partial charge >= 0.3 is 0 Å². The molecule has 0 aliphatic heterocycles. The van der Waals surface area contributed by atoms with E-state index < -0.39 is 10.8 Å². The van der Waals surface area contributed by atoms with E-state index in [1.54, 1.807) is 0 Å². The van der Waals surface area contributed by atoms with Gasteiger partial charge in [0.25, 0.3) is 0 Å². The van der Waals surface area contributed by atoms with Crippen molar-refractivity contribution in [3.05, 3.63) is 64.6 Å². The third kappa shape index (κ3) is 3.37. The zero-order chi connectivity index (χ0) is 14.5. The number of nitrogens with one attached hydrogen (secondary N) is 1. The zero-order valence-electron chi connectivity index (χ0n) is 11.5. The highest BCUT2D eigenvalue weighted by Gasteiger charge is 2.24. The molecule has 0 aliphatic carbocycles. The molecule has 2 rings (SSSR count). The van der Waals surface area contributed by atoms with Gasteiger partial charge in [0.1, 0.15) is 0 Å². The quantitative estimate of drug-likeness (QED) is 0.884. The van der Waals surface area contributed by atoms with Crippen LogP contribution in [-0.4, -0.2) is 16.5 Å². The SMILES string of the molecule is CNC(c1ccccc1)C(C)S(=O)c1ccccc1Br. The van der Waals surface area contributed by atoms with Gasteiger partial charge in [-0.15, -0.1) is 0 Å². The maximum Gasteiger partial charge on any atom is 0.0588 e. The first-order valence-electron chi connectivity index (χ1n) is 6.52. The van der Waals surface area contributed by atoms with Crippen LogP contribution in [0.2, 0.25) is 0 Å². The van der Waals surface area contributed by atoms with Crippen LogP contribution in [0.1, 0.15) is 18.5 Å². The van der Waals surface area contributed by atoms with Crippen molar-refractivity contribution in [3.63, 3.8) is 0 Å². The largest absolute Gasteiger partial charge is 0.312 e. The van der Waals surface area contributed by atoms with Crippen LogP contribution in [0.15, 0.2) is 64.0 Å². The summed E-state index contributed by atoms with van der Waals surface area (Å²) < 4.78 is 13.7. The highest BCUT2D eigenvalue weighted by molar-refractivity contribution is 9.10. The van der Waals surface area contributed by atoms with Crippen molar-refractivity contribution >= 4 is 26.7 Å². The molecule has 0 aliphatic rings. The van der Waals surface area contributed by atoms with Gasteiger partial charge in [0, 0.05) is 10.5 Å². The van der Waals surface area contributed by atoms with E-state index >= 15 is 0 Å². The fraction of sp³-hybridized carbons (Fsp3) is 0.250. The number of halogens is 1. The molecule has 3 atom stereocenters. The van der Waals surface area contributed by atoms with Gasteiger partial charge in [0.2, 0.25) is 0 Å². The standard InChI is InChI=1S/C16H18BrNOS/c1-12(16(18-2)13-8-4-3-5-9-13)20(19)15-11-7-6-10-14(15)17/h3-12,16,18H,1-2H3. The van der Waals surface area contributed by atoms with Gasteiger partial charge in [-0.25, -0.2) is 0 Å². The molecule has 0 aromatic heterocycles. The maximum absolute atomic E-state index is 12.8. The van der Waals surface area contributed by atoms with Crippen molar-refractivity contribution < 1.29 is 4.21 Å². The third-order valence-electron chi connectivity index (χ3n) is 3.33. The molecule has 0 amide bonds. The highest BCUT2D eigenvalue weighted by Crippen LogP contribution is 2.27. The van der Waals surface area contributed by atoms with E-state index in [-0.39, 0.29) is 11.3 Å². The summed E-state index contributed by atoms with van der Waals surface area (Å²) in [6.07, 6.45) is 0. The number of hydrogen-bond acceptors (Lipinski definition) is 2. The van der Waals surface area contributed by atoms with Crippen molar-refractivity contribution in [3.8, 4) is 0 Å². The van der Waals surface area contributed by atoms with Crippen LogP contribution in [-0.2, 0) is 10.8 Å². The molecule has 0 spiro atoms. The average molecular weight is 352 g/mol.